The molecule has 1 aromatic carbocycles. The zero-order valence-electron chi connectivity index (χ0n) is 10.5. The van der Waals surface area contributed by atoms with E-state index in [2.05, 4.69) is 62.9 Å². The molecule has 0 N–H and O–H groups in total. The lowest BCUT2D eigenvalue weighted by Crippen LogP contribution is -1.75. The molecule has 0 bridgehead atoms. The van der Waals surface area contributed by atoms with Crippen molar-refractivity contribution in [1.82, 2.24) is 0 Å². The number of allylic oxidation sites excluding steroid dienone is 4. The van der Waals surface area contributed by atoms with Crippen LogP contribution in [0.15, 0.2) is 63.3 Å². The third-order valence-electron chi connectivity index (χ3n) is 2.26. The second kappa shape index (κ2) is 7.46. The molecule has 0 saturated carbocycles. The van der Waals surface area contributed by atoms with E-state index in [0.717, 1.165) is 4.91 Å². The van der Waals surface area contributed by atoms with Crippen LogP contribution in [0, 0.1) is 6.92 Å². The minimum atomic E-state index is 0.980. The van der Waals surface area contributed by atoms with Crippen molar-refractivity contribution >= 4 is 24.4 Å². The average molecular weight is 262 g/mol. The Labute approximate surface area is 114 Å². The summed E-state index contributed by atoms with van der Waals surface area (Å²) in [4.78, 5) is 3.46. The molecule has 0 spiro atoms. The highest BCUT2D eigenvalue weighted by Gasteiger charge is 1.96. The SMILES string of the molecule is C\C=C(S)/C=C\C(=C/C)Sc1ccc(C)cc1. The number of benzene rings is 1. The Balaban J connectivity index is 2.71. The Hall–Kier alpha value is -0.860. The molecule has 0 aliphatic rings. The average Bonchev–Trinajstić information content (AvgIpc) is 2.36. The van der Waals surface area contributed by atoms with E-state index in [9.17, 15) is 0 Å². The van der Waals surface area contributed by atoms with Crippen molar-refractivity contribution < 1.29 is 0 Å². The number of hydrogen-bond donors (Lipinski definition) is 1. The maximum Gasteiger partial charge on any atom is 0.0122 e. The van der Waals surface area contributed by atoms with Gasteiger partial charge in [-0.15, -0.1) is 12.6 Å². The maximum atomic E-state index is 4.32. The van der Waals surface area contributed by atoms with Crippen molar-refractivity contribution in [2.45, 2.75) is 25.7 Å². The van der Waals surface area contributed by atoms with Gasteiger partial charge in [-0.1, -0.05) is 41.6 Å². The van der Waals surface area contributed by atoms with Crippen LogP contribution >= 0.6 is 24.4 Å². The van der Waals surface area contributed by atoms with E-state index in [0.29, 0.717) is 0 Å². The van der Waals surface area contributed by atoms with Gasteiger partial charge >= 0.3 is 0 Å². The Bertz CT molecular complexity index is 436. The Kier molecular flexibility index (Phi) is 6.23. The molecule has 1 rings (SSSR count). The van der Waals surface area contributed by atoms with E-state index in [1.54, 1.807) is 11.8 Å². The fraction of sp³-hybridized carbons (Fsp3) is 0.200. The third kappa shape index (κ3) is 5.33. The van der Waals surface area contributed by atoms with E-state index in [-0.39, 0.29) is 0 Å². The van der Waals surface area contributed by atoms with Gasteiger partial charge in [0.05, 0.1) is 0 Å². The van der Waals surface area contributed by atoms with Crippen molar-refractivity contribution in [2.75, 3.05) is 0 Å². The Morgan fingerprint density at radius 3 is 2.24 bits per heavy atom. The molecule has 90 valence electrons. The summed E-state index contributed by atoms with van der Waals surface area (Å²) in [5.41, 5.74) is 1.29. The van der Waals surface area contributed by atoms with E-state index >= 15 is 0 Å². The van der Waals surface area contributed by atoms with Gasteiger partial charge in [-0.2, -0.15) is 0 Å². The molecule has 0 aliphatic carbocycles. The molecular weight excluding hydrogens is 244 g/mol. The molecule has 0 atom stereocenters. The van der Waals surface area contributed by atoms with Crippen LogP contribution in [0.25, 0.3) is 0 Å². The topological polar surface area (TPSA) is 0 Å². The van der Waals surface area contributed by atoms with Crippen molar-refractivity contribution in [3.63, 3.8) is 0 Å². The first-order chi connectivity index (χ1) is 8.15. The van der Waals surface area contributed by atoms with Crippen molar-refractivity contribution in [1.29, 1.82) is 0 Å². The molecule has 0 radical (unpaired) electrons. The highest BCUT2D eigenvalue weighted by Crippen LogP contribution is 2.28. The van der Waals surface area contributed by atoms with Gasteiger partial charge in [-0.25, -0.2) is 0 Å². The van der Waals surface area contributed by atoms with Gasteiger partial charge in [0.2, 0.25) is 0 Å². The van der Waals surface area contributed by atoms with Crippen LogP contribution in [0.4, 0.5) is 0 Å². The molecule has 0 amide bonds. The van der Waals surface area contributed by atoms with Crippen molar-refractivity contribution in [3.05, 3.63) is 63.9 Å². The van der Waals surface area contributed by atoms with Crippen molar-refractivity contribution in [2.24, 2.45) is 0 Å². The molecule has 2 heteroatoms. The quantitative estimate of drug-likeness (QED) is 0.432. The van der Waals surface area contributed by atoms with Crippen LogP contribution < -0.4 is 0 Å². The predicted molar refractivity (Wildman–Crippen MR) is 82.7 cm³/mol. The fourth-order valence-electron chi connectivity index (χ4n) is 1.20. The molecule has 0 saturated heterocycles. The smallest absolute Gasteiger partial charge is 0.0122 e. The molecule has 0 fully saturated rings. The van der Waals surface area contributed by atoms with Crippen LogP contribution in [0.2, 0.25) is 0 Å². The predicted octanol–water partition coefficient (Wildman–Crippen LogP) is 5.38. The minimum Gasteiger partial charge on any atom is -0.144 e. The van der Waals surface area contributed by atoms with E-state index < -0.39 is 0 Å². The third-order valence-corrected chi connectivity index (χ3v) is 3.78. The largest absolute Gasteiger partial charge is 0.144 e. The number of thioether (sulfide) groups is 1. The number of hydrogen-bond acceptors (Lipinski definition) is 2. The van der Waals surface area contributed by atoms with Gasteiger partial charge in [-0.05, 0) is 50.0 Å². The van der Waals surface area contributed by atoms with E-state index in [1.807, 2.05) is 19.1 Å². The van der Waals surface area contributed by atoms with Gasteiger partial charge < -0.3 is 0 Å². The van der Waals surface area contributed by atoms with Crippen LogP contribution in [0.1, 0.15) is 19.4 Å². The summed E-state index contributed by atoms with van der Waals surface area (Å²) in [6.45, 7) is 6.13. The lowest BCUT2D eigenvalue weighted by atomic mass is 10.2. The lowest BCUT2D eigenvalue weighted by molar-refractivity contribution is 1.38. The summed E-state index contributed by atoms with van der Waals surface area (Å²) in [6.07, 6.45) is 8.19. The number of thiol groups is 1. The van der Waals surface area contributed by atoms with Gasteiger partial charge in [-0.3, -0.25) is 0 Å². The second-order valence-corrected chi connectivity index (χ2v) is 5.32. The highest BCUT2D eigenvalue weighted by atomic mass is 32.2. The maximum absolute atomic E-state index is 4.32. The van der Waals surface area contributed by atoms with Gasteiger partial charge in [0, 0.05) is 9.80 Å². The van der Waals surface area contributed by atoms with Gasteiger partial charge in [0.1, 0.15) is 0 Å². The minimum absolute atomic E-state index is 0.980. The zero-order valence-corrected chi connectivity index (χ0v) is 12.2. The van der Waals surface area contributed by atoms with Gasteiger partial charge in [0.25, 0.3) is 0 Å². The van der Waals surface area contributed by atoms with Crippen LogP contribution in [-0.4, -0.2) is 0 Å². The molecule has 0 unspecified atom stereocenters. The zero-order chi connectivity index (χ0) is 12.7. The monoisotopic (exact) mass is 262 g/mol. The number of rotatable bonds is 4. The molecule has 17 heavy (non-hydrogen) atoms. The summed E-state index contributed by atoms with van der Waals surface area (Å²) in [5, 5.41) is 0. The highest BCUT2D eigenvalue weighted by molar-refractivity contribution is 8.03. The Morgan fingerprint density at radius 1 is 1.06 bits per heavy atom. The molecule has 0 nitrogen and oxygen atoms in total. The summed E-state index contributed by atoms with van der Waals surface area (Å²) >= 11 is 6.08. The first kappa shape index (κ1) is 14.2. The van der Waals surface area contributed by atoms with E-state index in [4.69, 9.17) is 0 Å². The standard InChI is InChI=1S/C15H18S2/c1-4-13(16)8-11-14(5-2)17-15-9-6-12(3)7-10-15/h4-11,16H,1-3H3/b11-8-,13-4+,14-5+. The second-order valence-electron chi connectivity index (χ2n) is 3.65. The Morgan fingerprint density at radius 2 is 1.71 bits per heavy atom. The fourth-order valence-corrected chi connectivity index (χ4v) is 2.07. The molecular formula is C15H18S2. The summed E-state index contributed by atoms with van der Waals surface area (Å²) in [7, 11) is 0. The first-order valence-electron chi connectivity index (χ1n) is 5.60. The number of aryl methyl sites for hydroxylation is 1. The van der Waals surface area contributed by atoms with E-state index in [1.165, 1.54) is 15.4 Å². The first-order valence-corrected chi connectivity index (χ1v) is 6.86. The summed E-state index contributed by atoms with van der Waals surface area (Å²) in [5.74, 6) is 0. The normalized spacial score (nSPS) is 13.4. The lowest BCUT2D eigenvalue weighted by Gasteiger charge is -2.02. The molecule has 1 aromatic rings. The molecule has 0 aliphatic heterocycles. The van der Waals surface area contributed by atoms with Crippen molar-refractivity contribution in [3.8, 4) is 0 Å². The van der Waals surface area contributed by atoms with Crippen LogP contribution in [0.3, 0.4) is 0 Å². The summed E-state index contributed by atoms with van der Waals surface area (Å²) < 4.78 is 0. The van der Waals surface area contributed by atoms with Crippen LogP contribution in [0.5, 0.6) is 0 Å². The molecule has 0 aromatic heterocycles. The molecule has 0 heterocycles. The van der Waals surface area contributed by atoms with Crippen LogP contribution in [-0.2, 0) is 0 Å². The van der Waals surface area contributed by atoms with Gasteiger partial charge in [0.15, 0.2) is 0 Å². The summed E-state index contributed by atoms with van der Waals surface area (Å²) in [6, 6.07) is 8.56.